The summed E-state index contributed by atoms with van der Waals surface area (Å²) in [4.78, 5) is 14.3. The topological polar surface area (TPSA) is 85.4 Å². The summed E-state index contributed by atoms with van der Waals surface area (Å²) in [6.07, 6.45) is 1.29. The Bertz CT molecular complexity index is 880. The van der Waals surface area contributed by atoms with Crippen LogP contribution in [0.4, 0.5) is 5.82 Å². The molecular weight excluding hydrogens is 302 g/mol. The lowest BCUT2D eigenvalue weighted by Crippen LogP contribution is -2.25. The summed E-state index contributed by atoms with van der Waals surface area (Å²) < 4.78 is 0. The van der Waals surface area contributed by atoms with Crippen molar-refractivity contribution < 1.29 is 4.84 Å². The van der Waals surface area contributed by atoms with Gasteiger partial charge in [0, 0.05) is 11.1 Å². The summed E-state index contributed by atoms with van der Waals surface area (Å²) in [5, 5.41) is 7.27. The highest BCUT2D eigenvalue weighted by molar-refractivity contribution is 6.01. The predicted octanol–water partition coefficient (Wildman–Crippen LogP) is 2.71. The van der Waals surface area contributed by atoms with Crippen molar-refractivity contribution in [1.29, 1.82) is 0 Å². The van der Waals surface area contributed by atoms with Crippen molar-refractivity contribution in [2.24, 2.45) is 5.16 Å². The highest BCUT2D eigenvalue weighted by atomic mass is 16.7. The van der Waals surface area contributed by atoms with Gasteiger partial charge < -0.3 is 15.9 Å². The average Bonchev–Trinajstić information content (AvgIpc) is 3.13. The smallest absolute Gasteiger partial charge is 0.224 e. The van der Waals surface area contributed by atoms with E-state index < -0.39 is 0 Å². The Morgan fingerprint density at radius 1 is 0.958 bits per heavy atom. The molecule has 1 aliphatic rings. The Morgan fingerprint density at radius 2 is 1.67 bits per heavy atom. The van der Waals surface area contributed by atoms with Gasteiger partial charge in [0.1, 0.15) is 0 Å². The Morgan fingerprint density at radius 3 is 2.42 bits per heavy atom. The predicted molar refractivity (Wildman–Crippen MR) is 91.8 cm³/mol. The molecule has 4 rings (SSSR count). The lowest BCUT2D eigenvalue weighted by Gasteiger charge is -2.10. The number of rotatable bonds is 3. The highest BCUT2D eigenvalue weighted by Gasteiger charge is 2.25. The molecule has 1 unspecified atom stereocenters. The van der Waals surface area contributed by atoms with Crippen molar-refractivity contribution in [3.63, 3.8) is 0 Å². The van der Waals surface area contributed by atoms with E-state index >= 15 is 0 Å². The van der Waals surface area contributed by atoms with Gasteiger partial charge in [-0.05, 0) is 0 Å². The van der Waals surface area contributed by atoms with Gasteiger partial charge in [-0.1, -0.05) is 65.8 Å². The number of hydrogen-bond acceptors (Lipinski definition) is 6. The fourth-order valence-electron chi connectivity index (χ4n) is 2.49. The number of benzene rings is 2. The summed E-state index contributed by atoms with van der Waals surface area (Å²) in [6, 6.07) is 19.6. The Balaban J connectivity index is 1.63. The zero-order valence-corrected chi connectivity index (χ0v) is 12.8. The third-order valence-electron chi connectivity index (χ3n) is 3.71. The number of amidine groups is 1. The number of nitrogen functional groups attached to an aromatic ring is 1. The molecule has 2 heterocycles. The summed E-state index contributed by atoms with van der Waals surface area (Å²) in [5.74, 6) is 0.782. The maximum atomic E-state index is 5.98. The van der Waals surface area contributed by atoms with Gasteiger partial charge in [0.15, 0.2) is 17.3 Å². The molecule has 2 aromatic carbocycles. The van der Waals surface area contributed by atoms with Crippen molar-refractivity contribution in [1.82, 2.24) is 15.3 Å². The summed E-state index contributed by atoms with van der Waals surface area (Å²) in [7, 11) is 0. The second-order valence-corrected chi connectivity index (χ2v) is 5.34. The number of nitrogens with two attached hydrogens (primary N) is 1. The second-order valence-electron chi connectivity index (χ2n) is 5.34. The molecule has 0 saturated heterocycles. The van der Waals surface area contributed by atoms with Crippen LogP contribution < -0.4 is 11.1 Å². The van der Waals surface area contributed by atoms with E-state index in [9.17, 15) is 0 Å². The molecule has 0 fully saturated rings. The fourth-order valence-corrected chi connectivity index (χ4v) is 2.49. The minimum Gasteiger partial charge on any atom is -0.382 e. The van der Waals surface area contributed by atoms with Crippen LogP contribution in [0.25, 0.3) is 11.3 Å². The van der Waals surface area contributed by atoms with Crippen molar-refractivity contribution in [3.05, 3.63) is 78.1 Å². The van der Waals surface area contributed by atoms with Gasteiger partial charge in [0.2, 0.25) is 6.23 Å². The van der Waals surface area contributed by atoms with Crippen LogP contribution in [-0.4, -0.2) is 15.8 Å². The molecule has 1 aromatic heterocycles. The van der Waals surface area contributed by atoms with Crippen molar-refractivity contribution in [2.75, 3.05) is 5.73 Å². The van der Waals surface area contributed by atoms with Crippen LogP contribution in [0.15, 0.2) is 72.0 Å². The van der Waals surface area contributed by atoms with E-state index in [2.05, 4.69) is 20.4 Å². The zero-order valence-electron chi connectivity index (χ0n) is 12.8. The number of oxime groups is 1. The van der Waals surface area contributed by atoms with Crippen LogP contribution >= 0.6 is 0 Å². The van der Waals surface area contributed by atoms with Crippen LogP contribution in [0, 0.1) is 0 Å². The molecular formula is C18H15N5O. The molecule has 118 valence electrons. The molecule has 1 atom stereocenters. The number of hydrogen-bond donors (Lipinski definition) is 2. The van der Waals surface area contributed by atoms with Gasteiger partial charge in [-0.2, -0.15) is 0 Å². The van der Waals surface area contributed by atoms with E-state index in [4.69, 9.17) is 10.6 Å². The van der Waals surface area contributed by atoms with Gasteiger partial charge >= 0.3 is 0 Å². The Kier molecular flexibility index (Phi) is 3.55. The molecule has 0 amide bonds. The lowest BCUT2D eigenvalue weighted by molar-refractivity contribution is 0.0729. The van der Waals surface area contributed by atoms with E-state index in [1.54, 1.807) is 6.20 Å². The quantitative estimate of drug-likeness (QED) is 0.776. The maximum Gasteiger partial charge on any atom is 0.224 e. The largest absolute Gasteiger partial charge is 0.382 e. The van der Waals surface area contributed by atoms with Crippen LogP contribution in [0.1, 0.15) is 17.5 Å². The van der Waals surface area contributed by atoms with Gasteiger partial charge in [-0.3, -0.25) is 0 Å². The van der Waals surface area contributed by atoms with E-state index in [0.717, 1.165) is 16.8 Å². The van der Waals surface area contributed by atoms with Crippen LogP contribution in [0.5, 0.6) is 0 Å². The molecule has 1 aliphatic heterocycles. The zero-order chi connectivity index (χ0) is 16.4. The Labute approximate surface area is 139 Å². The summed E-state index contributed by atoms with van der Waals surface area (Å²) in [6.45, 7) is 0. The van der Waals surface area contributed by atoms with Crippen molar-refractivity contribution >= 4 is 11.7 Å². The SMILES string of the molecule is Nc1ncc(-c2ccccc2)nc1C1=NOC(c2ccccc2)N1. The molecule has 0 aliphatic carbocycles. The minimum absolute atomic E-state index is 0.304. The third-order valence-corrected chi connectivity index (χ3v) is 3.71. The summed E-state index contributed by atoms with van der Waals surface area (Å²) >= 11 is 0. The monoisotopic (exact) mass is 317 g/mol. The van der Waals surface area contributed by atoms with E-state index in [1.165, 1.54) is 0 Å². The molecule has 6 heteroatoms. The van der Waals surface area contributed by atoms with Crippen LogP contribution in [0.3, 0.4) is 0 Å². The van der Waals surface area contributed by atoms with Gasteiger partial charge in [0.25, 0.3) is 0 Å². The van der Waals surface area contributed by atoms with Gasteiger partial charge in [-0.15, -0.1) is 0 Å². The highest BCUT2D eigenvalue weighted by Crippen LogP contribution is 2.23. The normalized spacial score (nSPS) is 16.2. The first-order valence-electron chi connectivity index (χ1n) is 7.55. The molecule has 0 saturated carbocycles. The van der Waals surface area contributed by atoms with Crippen molar-refractivity contribution in [2.45, 2.75) is 6.23 Å². The first-order valence-corrected chi connectivity index (χ1v) is 7.55. The standard InChI is InChI=1S/C18H15N5O/c19-16-15(21-14(11-20-16)12-7-3-1-4-8-12)17-22-18(24-23-17)13-9-5-2-6-10-13/h1-11,18H,(H2,19,20)(H,22,23). The number of nitrogens with one attached hydrogen (secondary N) is 1. The maximum absolute atomic E-state index is 5.98. The molecule has 0 radical (unpaired) electrons. The van der Waals surface area contributed by atoms with Gasteiger partial charge in [-0.25, -0.2) is 9.97 Å². The molecule has 0 spiro atoms. The number of anilines is 1. The molecule has 6 nitrogen and oxygen atoms in total. The first-order chi connectivity index (χ1) is 11.8. The third kappa shape index (κ3) is 2.65. The van der Waals surface area contributed by atoms with Crippen LogP contribution in [0.2, 0.25) is 0 Å². The number of aromatic nitrogens is 2. The lowest BCUT2D eigenvalue weighted by atomic mass is 10.1. The first kappa shape index (κ1) is 14.2. The average molecular weight is 317 g/mol. The van der Waals surface area contributed by atoms with E-state index in [-0.39, 0.29) is 6.23 Å². The van der Waals surface area contributed by atoms with Gasteiger partial charge in [0.05, 0.1) is 11.9 Å². The molecule has 24 heavy (non-hydrogen) atoms. The molecule has 0 bridgehead atoms. The van der Waals surface area contributed by atoms with Crippen molar-refractivity contribution in [3.8, 4) is 11.3 Å². The molecule has 3 N–H and O–H groups in total. The van der Waals surface area contributed by atoms with E-state index in [1.807, 2.05) is 60.7 Å². The number of nitrogens with zero attached hydrogens (tertiary/aromatic N) is 3. The molecule has 3 aromatic rings. The van der Waals surface area contributed by atoms with E-state index in [0.29, 0.717) is 17.3 Å². The fraction of sp³-hybridized carbons (Fsp3) is 0.0556. The summed E-state index contributed by atoms with van der Waals surface area (Å²) in [5.41, 5.74) is 9.13. The second kappa shape index (κ2) is 6.00. The minimum atomic E-state index is -0.359. The Hall–Kier alpha value is -3.41. The van der Waals surface area contributed by atoms with Crippen LogP contribution in [-0.2, 0) is 4.84 Å².